The van der Waals surface area contributed by atoms with Crippen LogP contribution in [-0.4, -0.2) is 36.1 Å². The van der Waals surface area contributed by atoms with Gasteiger partial charge in [0.15, 0.2) is 5.71 Å². The molecule has 1 N–H and O–H groups in total. The third-order valence-corrected chi connectivity index (χ3v) is 3.82. The Morgan fingerprint density at radius 1 is 1.36 bits per heavy atom. The molecule has 2 aliphatic heterocycles. The van der Waals surface area contributed by atoms with Crippen LogP contribution in [0.1, 0.15) is 6.92 Å². The van der Waals surface area contributed by atoms with Crippen LogP contribution in [-0.2, 0) is 19.1 Å². The summed E-state index contributed by atoms with van der Waals surface area (Å²) in [5, 5.41) is 4.06. The van der Waals surface area contributed by atoms with Crippen molar-refractivity contribution in [2.45, 2.75) is 13.0 Å². The van der Waals surface area contributed by atoms with Gasteiger partial charge >= 0.3 is 5.97 Å². The van der Waals surface area contributed by atoms with Crippen molar-refractivity contribution in [3.8, 4) is 0 Å². The van der Waals surface area contributed by atoms with Crippen LogP contribution in [0, 0.1) is 5.92 Å². The maximum Gasteiger partial charge on any atom is 0.355 e. The van der Waals surface area contributed by atoms with Crippen LogP contribution < -0.4 is 10.3 Å². The van der Waals surface area contributed by atoms with Crippen LogP contribution in [0.15, 0.2) is 29.4 Å². The van der Waals surface area contributed by atoms with Crippen LogP contribution in [0.25, 0.3) is 0 Å². The molecule has 114 valence electrons. The molecule has 7 nitrogen and oxygen atoms in total. The predicted octanol–water partition coefficient (Wildman–Crippen LogP) is 0.720. The smallest absolute Gasteiger partial charge is 0.355 e. The fourth-order valence-electron chi connectivity index (χ4n) is 2.53. The van der Waals surface area contributed by atoms with Gasteiger partial charge in [-0.3, -0.25) is 15.0 Å². The van der Waals surface area contributed by atoms with Crippen LogP contribution in [0.3, 0.4) is 0 Å². The second kappa shape index (κ2) is 5.42. The molecule has 0 aliphatic carbocycles. The van der Waals surface area contributed by atoms with Gasteiger partial charge in [0.25, 0.3) is 5.91 Å². The first-order valence-electron chi connectivity index (χ1n) is 6.68. The van der Waals surface area contributed by atoms with Gasteiger partial charge in [0.1, 0.15) is 12.0 Å². The van der Waals surface area contributed by atoms with Crippen LogP contribution in [0.5, 0.6) is 0 Å². The number of carbonyl (C=O) groups excluding carboxylic acids is 3. The molecule has 0 bridgehead atoms. The lowest BCUT2D eigenvalue weighted by Gasteiger charge is -2.16. The summed E-state index contributed by atoms with van der Waals surface area (Å²) >= 11 is 6.05. The van der Waals surface area contributed by atoms with Gasteiger partial charge < -0.3 is 4.74 Å². The molecule has 22 heavy (non-hydrogen) atoms. The maximum atomic E-state index is 12.6. The minimum Gasteiger partial charge on any atom is -0.461 e. The van der Waals surface area contributed by atoms with Gasteiger partial charge in [0.05, 0.1) is 17.3 Å². The number of ether oxygens (including phenoxy) is 1. The fraction of sp³-hybridized carbons (Fsp3) is 0.286. The van der Waals surface area contributed by atoms with Crippen molar-refractivity contribution in [2.24, 2.45) is 11.0 Å². The van der Waals surface area contributed by atoms with E-state index >= 15 is 0 Å². The number of esters is 1. The van der Waals surface area contributed by atoms with Gasteiger partial charge in [0, 0.05) is 0 Å². The number of imide groups is 1. The van der Waals surface area contributed by atoms with Crippen molar-refractivity contribution in [1.82, 2.24) is 5.43 Å². The molecule has 0 unspecified atom stereocenters. The number of hydrogen-bond acceptors (Lipinski definition) is 6. The van der Waals surface area contributed by atoms with E-state index in [1.165, 1.54) is 0 Å². The molecule has 1 saturated heterocycles. The van der Waals surface area contributed by atoms with E-state index in [9.17, 15) is 14.4 Å². The number of halogens is 1. The highest BCUT2D eigenvalue weighted by Crippen LogP contribution is 2.34. The molecule has 0 aromatic heterocycles. The van der Waals surface area contributed by atoms with Crippen molar-refractivity contribution < 1.29 is 19.1 Å². The van der Waals surface area contributed by atoms with E-state index in [0.717, 1.165) is 4.90 Å². The van der Waals surface area contributed by atoms with Crippen molar-refractivity contribution in [1.29, 1.82) is 0 Å². The van der Waals surface area contributed by atoms with Gasteiger partial charge in [-0.1, -0.05) is 23.7 Å². The normalized spacial score (nSPS) is 23.2. The molecule has 0 radical (unpaired) electrons. The second-order valence-electron chi connectivity index (χ2n) is 4.77. The Bertz CT molecular complexity index is 703. The zero-order valence-corrected chi connectivity index (χ0v) is 12.3. The SMILES string of the molecule is CCOC(=O)C1=NN[C@H]2C(=O)N(c3ccccc3Cl)C(=O)[C@H]12. The highest BCUT2D eigenvalue weighted by atomic mass is 35.5. The minimum atomic E-state index is -0.983. The predicted molar refractivity (Wildman–Crippen MR) is 78.4 cm³/mol. The van der Waals surface area contributed by atoms with Gasteiger partial charge in [-0.15, -0.1) is 0 Å². The monoisotopic (exact) mass is 321 g/mol. The summed E-state index contributed by atoms with van der Waals surface area (Å²) in [5.41, 5.74) is 2.75. The zero-order valence-electron chi connectivity index (χ0n) is 11.6. The molecule has 0 saturated carbocycles. The average molecular weight is 322 g/mol. The largest absolute Gasteiger partial charge is 0.461 e. The highest BCUT2D eigenvalue weighted by molar-refractivity contribution is 6.47. The molecule has 1 fully saturated rings. The van der Waals surface area contributed by atoms with E-state index in [1.807, 2.05) is 0 Å². The van der Waals surface area contributed by atoms with Gasteiger partial charge in [-0.2, -0.15) is 5.10 Å². The third kappa shape index (κ3) is 2.05. The summed E-state index contributed by atoms with van der Waals surface area (Å²) in [6.07, 6.45) is 0. The Morgan fingerprint density at radius 2 is 2.09 bits per heavy atom. The minimum absolute atomic E-state index is 0.0836. The molecule has 0 spiro atoms. The molecule has 3 rings (SSSR count). The molecule has 2 amide bonds. The Hall–Kier alpha value is -2.41. The number of benzene rings is 1. The molecule has 2 heterocycles. The van der Waals surface area contributed by atoms with E-state index in [1.54, 1.807) is 31.2 Å². The summed E-state index contributed by atoms with van der Waals surface area (Å²) in [5.74, 6) is -2.72. The lowest BCUT2D eigenvalue weighted by atomic mass is 9.99. The number of anilines is 1. The van der Waals surface area contributed by atoms with Crippen LogP contribution >= 0.6 is 11.6 Å². The number of hydrogen-bond donors (Lipinski definition) is 1. The van der Waals surface area contributed by atoms with Crippen LogP contribution in [0.2, 0.25) is 5.02 Å². The number of nitrogens with one attached hydrogen (secondary N) is 1. The molecule has 2 aliphatic rings. The molecule has 2 atom stereocenters. The lowest BCUT2D eigenvalue weighted by Crippen LogP contribution is -2.36. The quantitative estimate of drug-likeness (QED) is 0.654. The summed E-state index contributed by atoms with van der Waals surface area (Å²) in [6.45, 7) is 1.81. The van der Waals surface area contributed by atoms with Gasteiger partial charge in [-0.25, -0.2) is 9.69 Å². The fourth-order valence-corrected chi connectivity index (χ4v) is 2.75. The van der Waals surface area contributed by atoms with E-state index in [0.29, 0.717) is 5.69 Å². The summed E-state index contributed by atoms with van der Waals surface area (Å²) in [6, 6.07) is 5.62. The van der Waals surface area contributed by atoms with Crippen molar-refractivity contribution in [3.63, 3.8) is 0 Å². The van der Waals surface area contributed by atoms with E-state index in [4.69, 9.17) is 16.3 Å². The van der Waals surface area contributed by atoms with E-state index in [-0.39, 0.29) is 17.3 Å². The van der Waals surface area contributed by atoms with Crippen molar-refractivity contribution in [2.75, 3.05) is 11.5 Å². The lowest BCUT2D eigenvalue weighted by molar-refractivity contribution is -0.136. The zero-order chi connectivity index (χ0) is 15.9. The first kappa shape index (κ1) is 14.5. The van der Waals surface area contributed by atoms with Crippen molar-refractivity contribution >= 4 is 40.8 Å². The van der Waals surface area contributed by atoms with Crippen molar-refractivity contribution in [3.05, 3.63) is 29.3 Å². The Kier molecular flexibility index (Phi) is 3.58. The number of para-hydroxylation sites is 1. The Balaban J connectivity index is 1.95. The first-order chi connectivity index (χ1) is 10.6. The standard InChI is InChI=1S/C14H12ClN3O4/c1-2-22-14(21)11-9-10(16-17-11)13(20)18(12(9)19)8-6-4-3-5-7(8)15/h3-6,9-10,16H,2H2,1H3/t9-,10+/m0/s1. The topological polar surface area (TPSA) is 88.1 Å². The molecule has 8 heteroatoms. The molecular formula is C14H12ClN3O4. The second-order valence-corrected chi connectivity index (χ2v) is 5.17. The highest BCUT2D eigenvalue weighted by Gasteiger charge is 2.56. The third-order valence-electron chi connectivity index (χ3n) is 3.50. The molecule has 1 aromatic rings. The maximum absolute atomic E-state index is 12.6. The first-order valence-corrected chi connectivity index (χ1v) is 7.06. The van der Waals surface area contributed by atoms with E-state index < -0.39 is 29.7 Å². The number of carbonyl (C=O) groups is 3. The Labute approximate surface area is 130 Å². The number of amides is 2. The number of fused-ring (bicyclic) bond motifs is 1. The number of nitrogens with zero attached hydrogens (tertiary/aromatic N) is 2. The number of hydrazone groups is 1. The van der Waals surface area contributed by atoms with Crippen LogP contribution in [0.4, 0.5) is 5.69 Å². The van der Waals surface area contributed by atoms with Gasteiger partial charge in [-0.05, 0) is 19.1 Å². The molecular weight excluding hydrogens is 310 g/mol. The van der Waals surface area contributed by atoms with Gasteiger partial charge in [0.2, 0.25) is 5.91 Å². The summed E-state index contributed by atoms with van der Waals surface area (Å²) in [7, 11) is 0. The molecule has 1 aromatic carbocycles. The number of rotatable bonds is 3. The summed E-state index contributed by atoms with van der Waals surface area (Å²) in [4.78, 5) is 37.9. The Morgan fingerprint density at radius 3 is 2.77 bits per heavy atom. The van der Waals surface area contributed by atoms with E-state index in [2.05, 4.69) is 10.5 Å². The average Bonchev–Trinajstić information content (AvgIpc) is 3.02. The summed E-state index contributed by atoms with van der Waals surface area (Å²) < 4.78 is 4.86.